The van der Waals surface area contributed by atoms with Gasteiger partial charge in [-0.2, -0.15) is 0 Å². The molecule has 1 N–H and O–H groups in total. The second-order valence-corrected chi connectivity index (χ2v) is 8.34. The molecule has 0 rings (SSSR count). The van der Waals surface area contributed by atoms with E-state index in [0.29, 0.717) is 6.04 Å². The first-order chi connectivity index (χ1) is 11.6. The van der Waals surface area contributed by atoms with E-state index in [9.17, 15) is 0 Å². The van der Waals surface area contributed by atoms with E-state index >= 15 is 0 Å². The summed E-state index contributed by atoms with van der Waals surface area (Å²) in [5.41, 5.74) is 0. The molecule has 0 fully saturated rings. The summed E-state index contributed by atoms with van der Waals surface area (Å²) in [6.45, 7) is 11.9. The van der Waals surface area contributed by atoms with E-state index in [0.717, 1.165) is 17.8 Å². The molecule has 0 saturated carbocycles. The molecule has 0 saturated heterocycles. The number of nitrogens with one attached hydrogen (secondary N) is 1. The maximum atomic E-state index is 3.41. The molecule has 0 bridgehead atoms. The molecular weight excluding hydrogens is 290 g/mol. The Balaban J connectivity index is 4.02. The Bertz CT molecular complexity index is 246. The van der Waals surface area contributed by atoms with Crippen molar-refractivity contribution in [3.8, 4) is 0 Å². The molecule has 24 heavy (non-hydrogen) atoms. The predicted octanol–water partition coefficient (Wildman–Crippen LogP) is 7.59. The molecule has 0 aliphatic rings. The van der Waals surface area contributed by atoms with Crippen molar-refractivity contribution < 1.29 is 0 Å². The van der Waals surface area contributed by atoms with Gasteiger partial charge in [0.2, 0.25) is 0 Å². The SMILES string of the molecule is CCCCCCCC(C)CCCC(CCC(C)NC)C(CC)CC. The number of unbranched alkanes of at least 4 members (excludes halogenated alkanes) is 4. The lowest BCUT2D eigenvalue weighted by Gasteiger charge is -2.27. The van der Waals surface area contributed by atoms with Crippen LogP contribution in [-0.2, 0) is 0 Å². The maximum absolute atomic E-state index is 3.41. The Hall–Kier alpha value is -0.0400. The van der Waals surface area contributed by atoms with Gasteiger partial charge in [-0.05, 0) is 44.6 Å². The van der Waals surface area contributed by atoms with Crippen LogP contribution in [0.5, 0.6) is 0 Å². The number of hydrogen-bond acceptors (Lipinski definition) is 1. The Morgan fingerprint density at radius 2 is 1.25 bits per heavy atom. The highest BCUT2D eigenvalue weighted by molar-refractivity contribution is 4.72. The van der Waals surface area contributed by atoms with Crippen LogP contribution >= 0.6 is 0 Å². The second kappa shape index (κ2) is 16.4. The lowest BCUT2D eigenvalue weighted by atomic mass is 9.80. The molecule has 146 valence electrons. The third-order valence-corrected chi connectivity index (χ3v) is 6.25. The Kier molecular flexibility index (Phi) is 16.4. The Morgan fingerprint density at radius 1 is 0.625 bits per heavy atom. The van der Waals surface area contributed by atoms with Gasteiger partial charge in [0.15, 0.2) is 0 Å². The average molecular weight is 340 g/mol. The van der Waals surface area contributed by atoms with Crippen molar-refractivity contribution in [1.82, 2.24) is 5.32 Å². The van der Waals surface area contributed by atoms with Crippen LogP contribution in [0.1, 0.15) is 118 Å². The van der Waals surface area contributed by atoms with E-state index in [1.165, 1.54) is 83.5 Å². The van der Waals surface area contributed by atoms with E-state index in [1.54, 1.807) is 0 Å². The maximum Gasteiger partial charge on any atom is 0.00358 e. The van der Waals surface area contributed by atoms with Crippen LogP contribution in [-0.4, -0.2) is 13.1 Å². The molecule has 1 heteroatoms. The summed E-state index contributed by atoms with van der Waals surface area (Å²) in [7, 11) is 2.10. The fourth-order valence-corrected chi connectivity index (χ4v) is 4.15. The summed E-state index contributed by atoms with van der Waals surface area (Å²) in [4.78, 5) is 0. The van der Waals surface area contributed by atoms with Crippen molar-refractivity contribution >= 4 is 0 Å². The number of hydrogen-bond donors (Lipinski definition) is 1. The molecule has 0 amide bonds. The Labute approximate surface area is 154 Å². The minimum absolute atomic E-state index is 0.670. The second-order valence-electron chi connectivity index (χ2n) is 8.34. The van der Waals surface area contributed by atoms with Gasteiger partial charge in [0, 0.05) is 6.04 Å². The smallest absolute Gasteiger partial charge is 0.00358 e. The standard InChI is InChI=1S/C23H49N/c1-7-10-11-12-13-15-20(4)16-14-17-23(22(8-2)9-3)19-18-21(5)24-6/h20-24H,7-19H2,1-6H3. The third kappa shape index (κ3) is 12.3. The zero-order valence-electron chi connectivity index (χ0n) is 18.0. The van der Waals surface area contributed by atoms with E-state index < -0.39 is 0 Å². The summed E-state index contributed by atoms with van der Waals surface area (Å²) < 4.78 is 0. The fourth-order valence-electron chi connectivity index (χ4n) is 4.15. The van der Waals surface area contributed by atoms with Crippen molar-refractivity contribution in [2.24, 2.45) is 17.8 Å². The van der Waals surface area contributed by atoms with Crippen LogP contribution in [0, 0.1) is 17.8 Å². The van der Waals surface area contributed by atoms with Crippen molar-refractivity contribution in [3.05, 3.63) is 0 Å². The highest BCUT2D eigenvalue weighted by Crippen LogP contribution is 2.30. The summed E-state index contributed by atoms with van der Waals surface area (Å²) in [6, 6.07) is 0.670. The normalized spacial score (nSPS) is 15.6. The van der Waals surface area contributed by atoms with Crippen LogP contribution in [0.2, 0.25) is 0 Å². The first-order valence-electron chi connectivity index (χ1n) is 11.3. The molecular formula is C23H49N. The van der Waals surface area contributed by atoms with Gasteiger partial charge in [-0.3, -0.25) is 0 Å². The molecule has 0 aliphatic carbocycles. The molecule has 3 unspecified atom stereocenters. The lowest BCUT2D eigenvalue weighted by molar-refractivity contribution is 0.252. The highest BCUT2D eigenvalue weighted by Gasteiger charge is 2.19. The van der Waals surface area contributed by atoms with Gasteiger partial charge in [0.25, 0.3) is 0 Å². The van der Waals surface area contributed by atoms with Gasteiger partial charge in [-0.1, -0.05) is 98.3 Å². The lowest BCUT2D eigenvalue weighted by Crippen LogP contribution is -2.23. The van der Waals surface area contributed by atoms with Crippen LogP contribution in [0.15, 0.2) is 0 Å². The van der Waals surface area contributed by atoms with Gasteiger partial charge in [0.05, 0.1) is 0 Å². The van der Waals surface area contributed by atoms with E-state index in [1.807, 2.05) is 0 Å². The average Bonchev–Trinajstić information content (AvgIpc) is 2.59. The minimum Gasteiger partial charge on any atom is -0.317 e. The van der Waals surface area contributed by atoms with Crippen LogP contribution in [0.3, 0.4) is 0 Å². The minimum atomic E-state index is 0.670. The molecule has 0 aliphatic heterocycles. The van der Waals surface area contributed by atoms with Crippen molar-refractivity contribution in [1.29, 1.82) is 0 Å². The van der Waals surface area contributed by atoms with E-state index in [2.05, 4.69) is 47.0 Å². The first-order valence-corrected chi connectivity index (χ1v) is 11.3. The van der Waals surface area contributed by atoms with E-state index in [-0.39, 0.29) is 0 Å². The highest BCUT2D eigenvalue weighted by atomic mass is 14.8. The van der Waals surface area contributed by atoms with Gasteiger partial charge >= 0.3 is 0 Å². The van der Waals surface area contributed by atoms with Gasteiger partial charge in [-0.15, -0.1) is 0 Å². The predicted molar refractivity (Wildman–Crippen MR) is 112 cm³/mol. The molecule has 0 radical (unpaired) electrons. The fraction of sp³-hybridized carbons (Fsp3) is 1.00. The summed E-state index contributed by atoms with van der Waals surface area (Å²) >= 11 is 0. The van der Waals surface area contributed by atoms with Crippen molar-refractivity contribution in [3.63, 3.8) is 0 Å². The number of rotatable bonds is 17. The van der Waals surface area contributed by atoms with Gasteiger partial charge < -0.3 is 5.32 Å². The van der Waals surface area contributed by atoms with E-state index in [4.69, 9.17) is 0 Å². The molecule has 0 aromatic rings. The molecule has 1 nitrogen and oxygen atoms in total. The topological polar surface area (TPSA) is 12.0 Å². The quantitative estimate of drug-likeness (QED) is 0.269. The van der Waals surface area contributed by atoms with Gasteiger partial charge in [0.1, 0.15) is 0 Å². The van der Waals surface area contributed by atoms with Crippen LogP contribution < -0.4 is 5.32 Å². The monoisotopic (exact) mass is 339 g/mol. The molecule has 0 heterocycles. The van der Waals surface area contributed by atoms with Crippen LogP contribution in [0.25, 0.3) is 0 Å². The zero-order valence-corrected chi connectivity index (χ0v) is 18.0. The zero-order chi connectivity index (χ0) is 18.2. The third-order valence-electron chi connectivity index (χ3n) is 6.25. The van der Waals surface area contributed by atoms with Crippen molar-refractivity contribution in [2.75, 3.05) is 7.05 Å². The summed E-state index contributed by atoms with van der Waals surface area (Å²) in [5, 5.41) is 3.41. The van der Waals surface area contributed by atoms with Crippen LogP contribution in [0.4, 0.5) is 0 Å². The molecule has 0 aromatic heterocycles. The summed E-state index contributed by atoms with van der Waals surface area (Å²) in [6.07, 6.45) is 18.4. The van der Waals surface area contributed by atoms with Gasteiger partial charge in [-0.25, -0.2) is 0 Å². The molecule has 3 atom stereocenters. The molecule has 0 spiro atoms. The summed E-state index contributed by atoms with van der Waals surface area (Å²) in [5.74, 6) is 2.83. The first kappa shape index (κ1) is 24.0. The Morgan fingerprint density at radius 3 is 1.83 bits per heavy atom. The van der Waals surface area contributed by atoms with Crippen molar-refractivity contribution in [2.45, 2.75) is 124 Å². The molecule has 0 aromatic carbocycles. The largest absolute Gasteiger partial charge is 0.317 e.